The lowest BCUT2D eigenvalue weighted by Crippen LogP contribution is -2.46. The normalized spacial score (nSPS) is 14.7. The van der Waals surface area contributed by atoms with Gasteiger partial charge in [0, 0.05) is 32.4 Å². The molecule has 1 amide bonds. The number of piperazine rings is 1. The molecule has 33 heavy (non-hydrogen) atoms. The summed E-state index contributed by atoms with van der Waals surface area (Å²) in [5, 5.41) is 22.0. The van der Waals surface area contributed by atoms with Crippen LogP contribution in [-0.4, -0.2) is 47.0 Å². The van der Waals surface area contributed by atoms with Gasteiger partial charge in [0.1, 0.15) is 17.4 Å². The van der Waals surface area contributed by atoms with Crippen LogP contribution in [0.3, 0.4) is 0 Å². The number of anilines is 1. The zero-order valence-electron chi connectivity index (χ0n) is 18.3. The summed E-state index contributed by atoms with van der Waals surface area (Å²) < 4.78 is 0. The van der Waals surface area contributed by atoms with E-state index in [9.17, 15) is 15.2 Å². The van der Waals surface area contributed by atoms with Crippen LogP contribution >= 0.6 is 0 Å². The van der Waals surface area contributed by atoms with Crippen LogP contribution in [-0.2, 0) is 4.79 Å². The van der Waals surface area contributed by atoms with Crippen molar-refractivity contribution in [2.24, 2.45) is 0 Å². The first kappa shape index (κ1) is 22.1. The van der Waals surface area contributed by atoms with Crippen LogP contribution in [0.4, 0.5) is 5.69 Å². The van der Waals surface area contributed by atoms with Crippen molar-refractivity contribution < 1.29 is 9.90 Å². The van der Waals surface area contributed by atoms with Gasteiger partial charge in [-0.2, -0.15) is 5.26 Å². The Hall–Kier alpha value is -4.08. The van der Waals surface area contributed by atoms with Crippen molar-refractivity contribution in [1.29, 1.82) is 5.26 Å². The lowest BCUT2D eigenvalue weighted by atomic mass is 9.96. The van der Waals surface area contributed by atoms with Gasteiger partial charge in [0.2, 0.25) is 0 Å². The second-order valence-electron chi connectivity index (χ2n) is 7.92. The number of carbonyl (C=O) groups excluding carboxylic acids is 1. The van der Waals surface area contributed by atoms with Gasteiger partial charge >= 0.3 is 0 Å². The highest BCUT2D eigenvalue weighted by molar-refractivity contribution is 6.07. The van der Waals surface area contributed by atoms with E-state index in [0.717, 1.165) is 13.1 Å². The fraction of sp³-hybridized carbons (Fsp3) is 0.185. The molecule has 3 aromatic rings. The molecule has 1 aliphatic heterocycles. The lowest BCUT2D eigenvalue weighted by molar-refractivity contribution is -0.112. The minimum absolute atomic E-state index is 0.00868. The zero-order chi connectivity index (χ0) is 23.0. The van der Waals surface area contributed by atoms with E-state index in [1.807, 2.05) is 23.1 Å². The Morgan fingerprint density at radius 3 is 1.97 bits per heavy atom. The van der Waals surface area contributed by atoms with Gasteiger partial charge in [0.15, 0.2) is 0 Å². The maximum absolute atomic E-state index is 12.6. The van der Waals surface area contributed by atoms with Gasteiger partial charge in [0.05, 0.1) is 11.7 Å². The molecule has 4 rings (SSSR count). The van der Waals surface area contributed by atoms with E-state index in [-0.39, 0.29) is 23.1 Å². The standard InChI is InChI=1S/C27H26N4O2/c28-19-23(27(33)29-24-13-7-8-14-25(24)32)20-30-15-17-31(18-16-30)26(21-9-3-1-4-10-21)22-11-5-2-6-12-22/h1-14,20,26,32H,15-18H2,(H,29,33)/b23-20-. The van der Waals surface area contributed by atoms with Gasteiger partial charge in [-0.25, -0.2) is 0 Å². The Balaban J connectivity index is 1.45. The predicted molar refractivity (Wildman–Crippen MR) is 128 cm³/mol. The monoisotopic (exact) mass is 438 g/mol. The molecular weight excluding hydrogens is 412 g/mol. The van der Waals surface area contributed by atoms with E-state index in [0.29, 0.717) is 13.1 Å². The SMILES string of the molecule is N#C/C(=C/N1CCN(C(c2ccccc2)c2ccccc2)CC1)C(=O)Nc1ccccc1O. The summed E-state index contributed by atoms with van der Waals surface area (Å²) in [6, 6.07) is 29.5. The van der Waals surface area contributed by atoms with Gasteiger partial charge in [-0.05, 0) is 23.3 Å². The zero-order valence-corrected chi connectivity index (χ0v) is 18.3. The van der Waals surface area contributed by atoms with Crippen LogP contribution in [0.25, 0.3) is 0 Å². The molecule has 2 N–H and O–H groups in total. The number of phenolic OH excluding ortho intramolecular Hbond substituents is 1. The first-order valence-electron chi connectivity index (χ1n) is 10.9. The summed E-state index contributed by atoms with van der Waals surface area (Å²) in [4.78, 5) is 17.0. The molecule has 0 atom stereocenters. The Morgan fingerprint density at radius 2 is 1.42 bits per heavy atom. The minimum Gasteiger partial charge on any atom is -0.506 e. The number of hydrogen-bond donors (Lipinski definition) is 2. The van der Waals surface area contributed by atoms with E-state index < -0.39 is 5.91 Å². The molecule has 166 valence electrons. The van der Waals surface area contributed by atoms with E-state index in [1.54, 1.807) is 24.4 Å². The van der Waals surface area contributed by atoms with Crippen molar-refractivity contribution in [3.63, 3.8) is 0 Å². The highest BCUT2D eigenvalue weighted by atomic mass is 16.3. The fourth-order valence-corrected chi connectivity index (χ4v) is 4.10. The largest absolute Gasteiger partial charge is 0.506 e. The van der Waals surface area contributed by atoms with Crippen LogP contribution in [0, 0.1) is 11.3 Å². The minimum atomic E-state index is -0.534. The number of carbonyl (C=O) groups is 1. The highest BCUT2D eigenvalue weighted by Crippen LogP contribution is 2.29. The van der Waals surface area contributed by atoms with Gasteiger partial charge in [-0.3, -0.25) is 9.69 Å². The molecule has 0 spiro atoms. The number of benzene rings is 3. The molecule has 1 heterocycles. The molecular formula is C27H26N4O2. The number of amides is 1. The molecule has 1 fully saturated rings. The number of nitrogens with zero attached hydrogens (tertiary/aromatic N) is 3. The van der Waals surface area contributed by atoms with Crippen LogP contribution in [0.5, 0.6) is 5.75 Å². The summed E-state index contributed by atoms with van der Waals surface area (Å²) >= 11 is 0. The number of nitriles is 1. The average Bonchev–Trinajstić information content (AvgIpc) is 2.86. The maximum Gasteiger partial charge on any atom is 0.267 e. The molecule has 0 aromatic heterocycles. The summed E-state index contributed by atoms with van der Waals surface area (Å²) in [6.45, 7) is 2.99. The molecule has 0 unspecified atom stereocenters. The Labute approximate surface area is 194 Å². The van der Waals surface area contributed by atoms with Gasteiger partial charge in [-0.15, -0.1) is 0 Å². The third-order valence-corrected chi connectivity index (χ3v) is 5.77. The number of hydrogen-bond acceptors (Lipinski definition) is 5. The second-order valence-corrected chi connectivity index (χ2v) is 7.92. The van der Waals surface area contributed by atoms with E-state index in [2.05, 4.69) is 58.7 Å². The smallest absolute Gasteiger partial charge is 0.267 e. The Bertz CT molecular complexity index is 1110. The fourth-order valence-electron chi connectivity index (χ4n) is 4.10. The molecule has 1 aliphatic rings. The van der Waals surface area contributed by atoms with Crippen LogP contribution in [0.2, 0.25) is 0 Å². The third-order valence-electron chi connectivity index (χ3n) is 5.77. The predicted octanol–water partition coefficient (Wildman–Crippen LogP) is 4.15. The van der Waals surface area contributed by atoms with Crippen molar-refractivity contribution in [1.82, 2.24) is 9.80 Å². The molecule has 0 bridgehead atoms. The lowest BCUT2D eigenvalue weighted by Gasteiger charge is -2.39. The molecule has 6 heteroatoms. The van der Waals surface area contributed by atoms with Crippen molar-refractivity contribution in [3.05, 3.63) is 108 Å². The van der Waals surface area contributed by atoms with Crippen molar-refractivity contribution in [3.8, 4) is 11.8 Å². The van der Waals surface area contributed by atoms with Crippen molar-refractivity contribution in [2.75, 3.05) is 31.5 Å². The number of rotatable bonds is 6. The van der Waals surface area contributed by atoms with Crippen LogP contribution in [0.1, 0.15) is 17.2 Å². The third kappa shape index (κ3) is 5.40. The van der Waals surface area contributed by atoms with Gasteiger partial charge < -0.3 is 15.3 Å². The second kappa shape index (κ2) is 10.5. The van der Waals surface area contributed by atoms with Gasteiger partial charge in [-0.1, -0.05) is 72.8 Å². The molecule has 0 aliphatic carbocycles. The Morgan fingerprint density at radius 1 is 0.879 bits per heavy atom. The quantitative estimate of drug-likeness (QED) is 0.343. The van der Waals surface area contributed by atoms with Crippen molar-refractivity contribution in [2.45, 2.75) is 6.04 Å². The summed E-state index contributed by atoms with van der Waals surface area (Å²) in [6.07, 6.45) is 1.62. The van der Waals surface area contributed by atoms with E-state index in [1.165, 1.54) is 17.2 Å². The molecule has 0 saturated carbocycles. The molecule has 0 radical (unpaired) electrons. The van der Waals surface area contributed by atoms with Crippen molar-refractivity contribution >= 4 is 11.6 Å². The first-order chi connectivity index (χ1) is 16.2. The topological polar surface area (TPSA) is 79.6 Å². The van der Waals surface area contributed by atoms with Gasteiger partial charge in [0.25, 0.3) is 5.91 Å². The van der Waals surface area contributed by atoms with E-state index >= 15 is 0 Å². The Kier molecular flexibility index (Phi) is 7.03. The summed E-state index contributed by atoms with van der Waals surface area (Å²) in [7, 11) is 0. The summed E-state index contributed by atoms with van der Waals surface area (Å²) in [5.41, 5.74) is 2.77. The molecule has 1 saturated heterocycles. The maximum atomic E-state index is 12.6. The van der Waals surface area contributed by atoms with E-state index in [4.69, 9.17) is 0 Å². The summed E-state index contributed by atoms with van der Waals surface area (Å²) in [5.74, 6) is -0.572. The molecule has 3 aromatic carbocycles. The number of phenols is 1. The van der Waals surface area contributed by atoms with Crippen LogP contribution < -0.4 is 5.32 Å². The molecule has 6 nitrogen and oxygen atoms in total. The number of para-hydroxylation sites is 2. The first-order valence-corrected chi connectivity index (χ1v) is 10.9. The highest BCUT2D eigenvalue weighted by Gasteiger charge is 2.26. The number of aromatic hydroxyl groups is 1. The average molecular weight is 439 g/mol. The number of nitrogens with one attached hydrogen (secondary N) is 1. The van der Waals surface area contributed by atoms with Crippen LogP contribution in [0.15, 0.2) is 96.7 Å².